The summed E-state index contributed by atoms with van der Waals surface area (Å²) >= 11 is 1.65. The first-order chi connectivity index (χ1) is 14.2. The van der Waals surface area contributed by atoms with Gasteiger partial charge in [0.05, 0.1) is 10.7 Å². The van der Waals surface area contributed by atoms with E-state index in [0.717, 1.165) is 33.8 Å². The van der Waals surface area contributed by atoms with Crippen LogP contribution in [0.1, 0.15) is 10.6 Å². The summed E-state index contributed by atoms with van der Waals surface area (Å²) < 4.78 is 0. The molecule has 2 aromatic carbocycles. The van der Waals surface area contributed by atoms with Crippen molar-refractivity contribution in [2.75, 3.05) is 6.54 Å². The minimum atomic E-state index is -0.142. The van der Waals surface area contributed by atoms with E-state index < -0.39 is 0 Å². The Morgan fingerprint density at radius 2 is 1.86 bits per heavy atom. The Morgan fingerprint density at radius 3 is 2.59 bits per heavy atom. The highest BCUT2D eigenvalue weighted by molar-refractivity contribution is 7.09. The molecule has 0 aliphatic heterocycles. The van der Waals surface area contributed by atoms with E-state index >= 15 is 0 Å². The molecule has 4 rings (SSSR count). The van der Waals surface area contributed by atoms with Crippen LogP contribution in [0.3, 0.4) is 0 Å². The Labute approximate surface area is 172 Å². The number of hydrogen-bond acceptors (Lipinski definition) is 6. The van der Waals surface area contributed by atoms with Crippen molar-refractivity contribution < 1.29 is 4.79 Å². The molecule has 0 radical (unpaired) electrons. The molecule has 0 aliphatic carbocycles. The van der Waals surface area contributed by atoms with E-state index in [1.807, 2.05) is 37.3 Å². The van der Waals surface area contributed by atoms with Crippen molar-refractivity contribution in [1.82, 2.24) is 30.5 Å². The van der Waals surface area contributed by atoms with Crippen LogP contribution in [0.25, 0.3) is 22.6 Å². The molecule has 1 N–H and O–H groups in total. The minimum absolute atomic E-state index is 0.0436. The summed E-state index contributed by atoms with van der Waals surface area (Å²) in [6.07, 6.45) is 0.752. The quantitative estimate of drug-likeness (QED) is 0.511. The van der Waals surface area contributed by atoms with E-state index in [1.54, 1.807) is 11.3 Å². The molecule has 7 nitrogen and oxygen atoms in total. The maximum atomic E-state index is 12.1. The van der Waals surface area contributed by atoms with Crippen LogP contribution in [0.4, 0.5) is 0 Å². The Bertz CT molecular complexity index is 1090. The molecule has 0 spiro atoms. The van der Waals surface area contributed by atoms with E-state index in [4.69, 9.17) is 0 Å². The van der Waals surface area contributed by atoms with Crippen LogP contribution in [-0.2, 0) is 17.8 Å². The lowest BCUT2D eigenvalue weighted by atomic mass is 10.1. The second-order valence-corrected chi connectivity index (χ2v) is 7.62. The number of aryl methyl sites for hydroxylation is 1. The molecule has 8 heteroatoms. The summed E-state index contributed by atoms with van der Waals surface area (Å²) in [7, 11) is 0. The zero-order valence-electron chi connectivity index (χ0n) is 15.9. The Kier molecular flexibility index (Phi) is 5.71. The topological polar surface area (TPSA) is 85.6 Å². The average Bonchev–Trinajstić information content (AvgIpc) is 3.38. The number of carbonyl (C=O) groups is 1. The van der Waals surface area contributed by atoms with Gasteiger partial charge >= 0.3 is 0 Å². The average molecular weight is 404 g/mol. The number of nitrogens with one attached hydrogen (secondary N) is 1. The van der Waals surface area contributed by atoms with Crippen molar-refractivity contribution in [3.63, 3.8) is 0 Å². The number of benzene rings is 2. The van der Waals surface area contributed by atoms with Crippen LogP contribution in [0.5, 0.6) is 0 Å². The van der Waals surface area contributed by atoms with E-state index in [9.17, 15) is 4.79 Å². The molecule has 1 amide bonds. The summed E-state index contributed by atoms with van der Waals surface area (Å²) in [6, 6.07) is 17.8. The highest BCUT2D eigenvalue weighted by Gasteiger charge is 2.09. The van der Waals surface area contributed by atoms with Gasteiger partial charge in [0.25, 0.3) is 0 Å². The van der Waals surface area contributed by atoms with Crippen LogP contribution in [0, 0.1) is 6.92 Å². The molecule has 0 saturated heterocycles. The van der Waals surface area contributed by atoms with Gasteiger partial charge in [0.15, 0.2) is 0 Å². The molecule has 2 heterocycles. The van der Waals surface area contributed by atoms with Crippen molar-refractivity contribution in [2.45, 2.75) is 19.9 Å². The lowest BCUT2D eigenvalue weighted by molar-refractivity contribution is -0.122. The lowest BCUT2D eigenvalue weighted by Crippen LogP contribution is -2.30. The summed E-state index contributed by atoms with van der Waals surface area (Å²) in [5.74, 6) is 0.366. The van der Waals surface area contributed by atoms with Crippen LogP contribution >= 0.6 is 11.3 Å². The van der Waals surface area contributed by atoms with Crippen LogP contribution in [0.2, 0.25) is 0 Å². The highest BCUT2D eigenvalue weighted by Crippen LogP contribution is 2.21. The van der Waals surface area contributed by atoms with Crippen LogP contribution in [-0.4, -0.2) is 37.6 Å². The monoisotopic (exact) mass is 404 g/mol. The molecule has 0 atom stereocenters. The third-order valence-electron chi connectivity index (χ3n) is 4.37. The van der Waals surface area contributed by atoms with Gasteiger partial charge in [-0.2, -0.15) is 4.80 Å². The predicted molar refractivity (Wildman–Crippen MR) is 112 cm³/mol. The number of aromatic nitrogens is 5. The molecule has 0 unspecified atom stereocenters. The fourth-order valence-electron chi connectivity index (χ4n) is 2.88. The third kappa shape index (κ3) is 4.91. The van der Waals surface area contributed by atoms with Crippen molar-refractivity contribution in [2.24, 2.45) is 0 Å². The van der Waals surface area contributed by atoms with Gasteiger partial charge in [-0.1, -0.05) is 54.6 Å². The first-order valence-electron chi connectivity index (χ1n) is 9.29. The molecule has 0 aliphatic rings. The minimum Gasteiger partial charge on any atom is -0.354 e. The molecule has 4 aromatic rings. The Hall–Kier alpha value is -3.39. The van der Waals surface area contributed by atoms with E-state index in [-0.39, 0.29) is 12.5 Å². The van der Waals surface area contributed by atoms with Gasteiger partial charge in [-0.05, 0) is 24.1 Å². The molecule has 0 bridgehead atoms. The second kappa shape index (κ2) is 8.74. The zero-order chi connectivity index (χ0) is 20.1. The van der Waals surface area contributed by atoms with Crippen molar-refractivity contribution >= 4 is 17.2 Å². The number of carbonyl (C=O) groups excluding carboxylic acids is 1. The normalized spacial score (nSPS) is 10.8. The maximum Gasteiger partial charge on any atom is 0.243 e. The van der Waals surface area contributed by atoms with Crippen molar-refractivity contribution in [3.8, 4) is 22.6 Å². The molecular formula is C21H20N6OS. The first-order valence-corrected chi connectivity index (χ1v) is 10.2. The van der Waals surface area contributed by atoms with Gasteiger partial charge in [0.1, 0.15) is 6.54 Å². The largest absolute Gasteiger partial charge is 0.354 e. The van der Waals surface area contributed by atoms with E-state index in [1.165, 1.54) is 4.80 Å². The van der Waals surface area contributed by atoms with Gasteiger partial charge in [-0.15, -0.1) is 21.5 Å². The predicted octanol–water partition coefficient (Wildman–Crippen LogP) is 3.13. The number of amides is 1. The lowest BCUT2D eigenvalue weighted by Gasteiger charge is -2.05. The Morgan fingerprint density at radius 1 is 1.07 bits per heavy atom. The molecule has 2 aromatic heterocycles. The molecule has 0 fully saturated rings. The molecular weight excluding hydrogens is 384 g/mol. The third-order valence-corrected chi connectivity index (χ3v) is 5.15. The number of rotatable bonds is 7. The summed E-state index contributed by atoms with van der Waals surface area (Å²) in [5, 5.41) is 18.2. The maximum absolute atomic E-state index is 12.1. The van der Waals surface area contributed by atoms with Crippen LogP contribution < -0.4 is 5.32 Å². The SMILES string of the molecule is Cc1nc(-c2ccc(CCNC(=O)Cn3nnc(-c4ccccc4)n3)cc2)cs1. The molecule has 0 saturated carbocycles. The number of tetrazole rings is 1. The summed E-state index contributed by atoms with van der Waals surface area (Å²) in [5.41, 5.74) is 4.14. The fraction of sp³-hybridized carbons (Fsp3) is 0.190. The molecule has 146 valence electrons. The highest BCUT2D eigenvalue weighted by atomic mass is 32.1. The van der Waals surface area contributed by atoms with Gasteiger partial charge in [-0.25, -0.2) is 4.98 Å². The summed E-state index contributed by atoms with van der Waals surface area (Å²) in [6.45, 7) is 2.60. The standard InChI is InChI=1S/C21H20N6OS/c1-15-23-19(14-29-15)17-9-7-16(8-10-17)11-12-22-20(28)13-27-25-21(24-26-27)18-5-3-2-4-6-18/h2-10,14H,11-13H2,1H3,(H,22,28). The molecule has 29 heavy (non-hydrogen) atoms. The Balaban J connectivity index is 1.25. The van der Waals surface area contributed by atoms with Crippen molar-refractivity contribution in [3.05, 3.63) is 70.5 Å². The summed E-state index contributed by atoms with van der Waals surface area (Å²) in [4.78, 5) is 17.9. The van der Waals surface area contributed by atoms with Crippen LogP contribution in [0.15, 0.2) is 60.0 Å². The van der Waals surface area contributed by atoms with Gasteiger partial charge in [-0.3, -0.25) is 4.79 Å². The smallest absolute Gasteiger partial charge is 0.243 e. The fourth-order valence-corrected chi connectivity index (χ4v) is 3.50. The number of hydrogen-bond donors (Lipinski definition) is 1. The number of nitrogens with zero attached hydrogens (tertiary/aromatic N) is 5. The van der Waals surface area contributed by atoms with Gasteiger partial charge in [0.2, 0.25) is 11.7 Å². The van der Waals surface area contributed by atoms with Gasteiger partial charge < -0.3 is 5.32 Å². The van der Waals surface area contributed by atoms with Crippen molar-refractivity contribution in [1.29, 1.82) is 0 Å². The number of thiazole rings is 1. The zero-order valence-corrected chi connectivity index (χ0v) is 16.8. The van der Waals surface area contributed by atoms with E-state index in [0.29, 0.717) is 12.4 Å². The van der Waals surface area contributed by atoms with E-state index in [2.05, 4.69) is 55.4 Å². The van der Waals surface area contributed by atoms with Gasteiger partial charge in [0, 0.05) is 23.1 Å². The first kappa shape index (κ1) is 18.9. The second-order valence-electron chi connectivity index (χ2n) is 6.56.